The van der Waals surface area contributed by atoms with Gasteiger partial charge in [-0.05, 0) is 12.8 Å². The molecular weight excluding hydrogens is 206 g/mol. The first-order valence-electron chi connectivity index (χ1n) is 5.39. The molecule has 0 saturated carbocycles. The number of carbonyl (C=O) groups excluding carboxylic acids is 1. The number of hydrogen-bond acceptors (Lipinski definition) is 2. The van der Waals surface area contributed by atoms with Crippen molar-refractivity contribution >= 4 is 11.9 Å². The molecule has 1 unspecified atom stereocenters. The Morgan fingerprint density at radius 2 is 2.06 bits per heavy atom. The van der Waals surface area contributed by atoms with E-state index in [4.69, 9.17) is 11.5 Å². The average Bonchev–Trinajstić information content (AvgIpc) is 2.23. The van der Waals surface area contributed by atoms with Gasteiger partial charge in [0, 0.05) is 26.4 Å². The van der Waals surface area contributed by atoms with Gasteiger partial charge >= 0.3 is 5.97 Å². The molecule has 0 spiro atoms. The predicted octanol–water partition coefficient (Wildman–Crippen LogP) is 1.36. The zero-order valence-corrected chi connectivity index (χ0v) is 9.90. The van der Waals surface area contributed by atoms with Crippen molar-refractivity contribution < 1.29 is 14.7 Å². The van der Waals surface area contributed by atoms with Crippen molar-refractivity contribution in [2.75, 3.05) is 13.6 Å². The molecule has 4 heteroatoms. The van der Waals surface area contributed by atoms with Gasteiger partial charge in [-0.15, -0.1) is 12.3 Å². The van der Waals surface area contributed by atoms with E-state index in [1.54, 1.807) is 14.0 Å². The highest BCUT2D eigenvalue weighted by Crippen LogP contribution is 2.04. The minimum atomic E-state index is -0.882. The second kappa shape index (κ2) is 7.75. The van der Waals surface area contributed by atoms with Gasteiger partial charge in [0.1, 0.15) is 0 Å². The molecule has 0 aliphatic carbocycles. The highest BCUT2D eigenvalue weighted by atomic mass is 16.4. The van der Waals surface area contributed by atoms with Crippen LogP contribution in [-0.4, -0.2) is 35.5 Å². The fourth-order valence-electron chi connectivity index (χ4n) is 1.28. The lowest BCUT2D eigenvalue weighted by atomic mass is 10.1. The number of aliphatic carboxylic acids is 1. The minimum Gasteiger partial charge on any atom is -0.481 e. The largest absolute Gasteiger partial charge is 0.481 e. The van der Waals surface area contributed by atoms with Crippen LogP contribution in [0.15, 0.2) is 0 Å². The van der Waals surface area contributed by atoms with Crippen LogP contribution in [0.1, 0.15) is 32.6 Å². The minimum absolute atomic E-state index is 0.0230. The Morgan fingerprint density at radius 1 is 1.44 bits per heavy atom. The molecule has 0 aromatic carbocycles. The lowest BCUT2D eigenvalue weighted by Gasteiger charge is -2.19. The number of nitrogens with zero attached hydrogens (tertiary/aromatic N) is 1. The molecule has 0 aliphatic rings. The molecule has 16 heavy (non-hydrogen) atoms. The summed E-state index contributed by atoms with van der Waals surface area (Å²) >= 11 is 0. The summed E-state index contributed by atoms with van der Waals surface area (Å²) in [5.41, 5.74) is 0. The van der Waals surface area contributed by atoms with E-state index in [1.807, 2.05) is 0 Å². The monoisotopic (exact) mass is 225 g/mol. The van der Waals surface area contributed by atoms with E-state index < -0.39 is 11.9 Å². The maximum Gasteiger partial charge on any atom is 0.308 e. The molecule has 0 aromatic heterocycles. The summed E-state index contributed by atoms with van der Waals surface area (Å²) in [5.74, 6) is 1.08. The van der Waals surface area contributed by atoms with Crippen molar-refractivity contribution in [3.63, 3.8) is 0 Å². The molecule has 0 aliphatic heterocycles. The number of carboxylic acid groups (broad SMARTS) is 1. The van der Waals surface area contributed by atoms with Crippen LogP contribution < -0.4 is 0 Å². The third-order valence-corrected chi connectivity index (χ3v) is 2.36. The number of carbonyl (C=O) groups is 2. The first-order valence-corrected chi connectivity index (χ1v) is 5.39. The second-order valence-electron chi connectivity index (χ2n) is 3.92. The highest BCUT2D eigenvalue weighted by molar-refractivity contribution is 5.77. The molecule has 0 bridgehead atoms. The Hall–Kier alpha value is -1.50. The lowest BCUT2D eigenvalue weighted by molar-refractivity contribution is -0.142. The Morgan fingerprint density at radius 3 is 2.56 bits per heavy atom. The molecule has 0 rings (SSSR count). The van der Waals surface area contributed by atoms with Gasteiger partial charge < -0.3 is 10.0 Å². The number of unbranched alkanes of at least 4 members (excludes halogenated alkanes) is 2. The summed E-state index contributed by atoms with van der Waals surface area (Å²) in [5, 5.41) is 8.70. The summed E-state index contributed by atoms with van der Waals surface area (Å²) in [4.78, 5) is 23.6. The van der Waals surface area contributed by atoms with Crippen molar-refractivity contribution in [2.45, 2.75) is 32.6 Å². The van der Waals surface area contributed by atoms with E-state index in [9.17, 15) is 9.59 Å². The summed E-state index contributed by atoms with van der Waals surface area (Å²) in [6.45, 7) is 1.84. The number of amides is 1. The average molecular weight is 225 g/mol. The molecule has 4 nitrogen and oxygen atoms in total. The van der Waals surface area contributed by atoms with Crippen LogP contribution in [0.3, 0.4) is 0 Å². The highest BCUT2D eigenvalue weighted by Gasteiger charge is 2.16. The van der Waals surface area contributed by atoms with Gasteiger partial charge in [0.05, 0.1) is 5.92 Å². The van der Waals surface area contributed by atoms with Crippen molar-refractivity contribution in [1.29, 1.82) is 0 Å². The van der Waals surface area contributed by atoms with Crippen LogP contribution in [0, 0.1) is 18.3 Å². The second-order valence-corrected chi connectivity index (χ2v) is 3.92. The molecule has 90 valence electrons. The molecule has 0 saturated heterocycles. The fraction of sp³-hybridized carbons (Fsp3) is 0.667. The van der Waals surface area contributed by atoms with E-state index in [0.29, 0.717) is 12.8 Å². The van der Waals surface area contributed by atoms with Crippen molar-refractivity contribution in [3.8, 4) is 12.3 Å². The summed E-state index contributed by atoms with van der Waals surface area (Å²) in [7, 11) is 1.63. The van der Waals surface area contributed by atoms with Crippen LogP contribution in [0.2, 0.25) is 0 Å². The third-order valence-electron chi connectivity index (χ3n) is 2.36. The van der Waals surface area contributed by atoms with Crippen LogP contribution in [-0.2, 0) is 9.59 Å². The SMILES string of the molecule is C#CCCCCC(=O)N(C)CC(C)C(=O)O. The summed E-state index contributed by atoms with van der Waals surface area (Å²) < 4.78 is 0. The molecule has 1 amide bonds. The molecule has 0 radical (unpaired) electrons. The Bertz CT molecular complexity index is 280. The number of rotatable bonds is 7. The number of hydrogen-bond donors (Lipinski definition) is 1. The molecular formula is C12H19NO3. The first kappa shape index (κ1) is 14.5. The predicted molar refractivity (Wildman–Crippen MR) is 61.7 cm³/mol. The number of terminal acetylenes is 1. The maximum absolute atomic E-state index is 11.5. The summed E-state index contributed by atoms with van der Waals surface area (Å²) in [6.07, 6.45) is 7.81. The van der Waals surface area contributed by atoms with Gasteiger partial charge in [-0.3, -0.25) is 9.59 Å². The Kier molecular flexibility index (Phi) is 7.02. The van der Waals surface area contributed by atoms with Crippen LogP contribution in [0.5, 0.6) is 0 Å². The zero-order chi connectivity index (χ0) is 12.6. The standard InChI is InChI=1S/C12H19NO3/c1-4-5-6-7-8-11(14)13(3)9-10(2)12(15)16/h1,10H,5-9H2,2-3H3,(H,15,16). The first-order chi connectivity index (χ1) is 7.49. The fourth-order valence-corrected chi connectivity index (χ4v) is 1.28. The smallest absolute Gasteiger partial charge is 0.308 e. The topological polar surface area (TPSA) is 57.6 Å². The molecule has 1 atom stereocenters. The van der Waals surface area contributed by atoms with E-state index in [1.165, 1.54) is 4.90 Å². The lowest BCUT2D eigenvalue weighted by Crippen LogP contribution is -2.33. The van der Waals surface area contributed by atoms with E-state index in [-0.39, 0.29) is 12.5 Å². The van der Waals surface area contributed by atoms with Crippen molar-refractivity contribution in [1.82, 2.24) is 4.90 Å². The van der Waals surface area contributed by atoms with Crippen LogP contribution in [0.25, 0.3) is 0 Å². The van der Waals surface area contributed by atoms with Gasteiger partial charge in [-0.1, -0.05) is 6.92 Å². The number of carboxylic acids is 1. The van der Waals surface area contributed by atoms with Crippen LogP contribution >= 0.6 is 0 Å². The molecule has 1 N–H and O–H groups in total. The Labute approximate surface area is 96.6 Å². The third kappa shape index (κ3) is 6.07. The quantitative estimate of drug-likeness (QED) is 0.525. The normalized spacial score (nSPS) is 11.6. The van der Waals surface area contributed by atoms with Gasteiger partial charge in [-0.25, -0.2) is 0 Å². The van der Waals surface area contributed by atoms with Gasteiger partial charge in [0.2, 0.25) is 5.91 Å². The van der Waals surface area contributed by atoms with Gasteiger partial charge in [-0.2, -0.15) is 0 Å². The van der Waals surface area contributed by atoms with Gasteiger partial charge in [0.25, 0.3) is 0 Å². The van der Waals surface area contributed by atoms with E-state index >= 15 is 0 Å². The zero-order valence-electron chi connectivity index (χ0n) is 9.90. The molecule has 0 aromatic rings. The Balaban J connectivity index is 3.82. The van der Waals surface area contributed by atoms with Crippen LogP contribution in [0.4, 0.5) is 0 Å². The van der Waals surface area contributed by atoms with E-state index in [2.05, 4.69) is 5.92 Å². The van der Waals surface area contributed by atoms with Crippen molar-refractivity contribution in [2.24, 2.45) is 5.92 Å². The van der Waals surface area contributed by atoms with Gasteiger partial charge in [0.15, 0.2) is 0 Å². The molecule has 0 fully saturated rings. The van der Waals surface area contributed by atoms with Crippen molar-refractivity contribution in [3.05, 3.63) is 0 Å². The van der Waals surface area contributed by atoms with E-state index in [0.717, 1.165) is 12.8 Å². The summed E-state index contributed by atoms with van der Waals surface area (Å²) in [6, 6.07) is 0. The molecule has 0 heterocycles. The maximum atomic E-state index is 11.5.